The number of tetrazole rings is 1. The molecule has 0 bridgehead atoms. The average Bonchev–Trinajstić information content (AvgIpc) is 2.97. The van der Waals surface area contributed by atoms with E-state index in [4.69, 9.17) is 4.74 Å². The predicted octanol–water partition coefficient (Wildman–Crippen LogP) is 2.09. The van der Waals surface area contributed by atoms with E-state index in [1.54, 1.807) is 30.3 Å². The predicted molar refractivity (Wildman–Crippen MR) is 84.3 cm³/mol. The van der Waals surface area contributed by atoms with Crippen LogP contribution in [-0.2, 0) is 6.54 Å². The van der Waals surface area contributed by atoms with Gasteiger partial charge in [0, 0.05) is 0 Å². The maximum atomic E-state index is 12.4. The van der Waals surface area contributed by atoms with Crippen LogP contribution in [0.3, 0.4) is 0 Å². The number of hydrogen-bond acceptors (Lipinski definition) is 5. The Morgan fingerprint density at radius 2 is 1.84 bits per heavy atom. The minimum Gasteiger partial charge on any atom is -0.493 e. The minimum absolute atomic E-state index is 0.0819. The van der Waals surface area contributed by atoms with E-state index in [-0.39, 0.29) is 18.0 Å². The molecule has 3 aromatic rings. The molecule has 0 N–H and O–H groups in total. The Morgan fingerprint density at radius 1 is 1.08 bits per heavy atom. The van der Waals surface area contributed by atoms with Gasteiger partial charge in [0.15, 0.2) is 11.5 Å². The number of halogens is 2. The summed E-state index contributed by atoms with van der Waals surface area (Å²) in [6.07, 6.45) is 0. The summed E-state index contributed by atoms with van der Waals surface area (Å²) in [5.41, 5.74) is 0.802. The molecule has 1 heterocycles. The quantitative estimate of drug-likeness (QED) is 0.682. The molecule has 1 aromatic heterocycles. The lowest BCUT2D eigenvalue weighted by Gasteiger charge is -2.11. The third-order valence-electron chi connectivity index (χ3n) is 3.42. The lowest BCUT2D eigenvalue weighted by molar-refractivity contribution is -0.0512. The largest absolute Gasteiger partial charge is 0.493 e. The lowest BCUT2D eigenvalue weighted by Crippen LogP contribution is -2.24. The van der Waals surface area contributed by atoms with E-state index in [0.29, 0.717) is 11.3 Å². The van der Waals surface area contributed by atoms with E-state index in [9.17, 15) is 13.6 Å². The van der Waals surface area contributed by atoms with Crippen LogP contribution in [0.1, 0.15) is 5.56 Å². The fourth-order valence-corrected chi connectivity index (χ4v) is 2.28. The highest BCUT2D eigenvalue weighted by Crippen LogP contribution is 2.29. The first kappa shape index (κ1) is 16.6. The molecule has 9 heteroatoms. The second-order valence-corrected chi connectivity index (χ2v) is 5.03. The summed E-state index contributed by atoms with van der Waals surface area (Å²) in [4.78, 5) is 12.4. The van der Waals surface area contributed by atoms with Gasteiger partial charge in [-0.1, -0.05) is 24.3 Å². The molecule has 0 aliphatic rings. The average molecular weight is 348 g/mol. The van der Waals surface area contributed by atoms with E-state index in [2.05, 4.69) is 15.2 Å². The van der Waals surface area contributed by atoms with E-state index in [0.717, 1.165) is 4.68 Å². The molecule has 0 atom stereocenters. The molecule has 0 saturated heterocycles. The SMILES string of the molecule is COc1cc(Cn2nnn(-c3ccccc3)c2=O)ccc1OC(F)F. The van der Waals surface area contributed by atoms with Crippen molar-refractivity contribution in [2.45, 2.75) is 13.2 Å². The van der Waals surface area contributed by atoms with Gasteiger partial charge in [-0.05, 0) is 40.3 Å². The molecule has 0 radical (unpaired) electrons. The van der Waals surface area contributed by atoms with Crippen molar-refractivity contribution >= 4 is 0 Å². The molecule has 25 heavy (non-hydrogen) atoms. The zero-order chi connectivity index (χ0) is 17.8. The highest BCUT2D eigenvalue weighted by molar-refractivity contribution is 5.43. The Bertz CT molecular complexity index is 909. The summed E-state index contributed by atoms with van der Waals surface area (Å²) in [5.74, 6) is 0.0582. The van der Waals surface area contributed by atoms with Crippen molar-refractivity contribution in [3.05, 3.63) is 64.6 Å². The summed E-state index contributed by atoms with van der Waals surface area (Å²) < 4.78 is 36.5. The third-order valence-corrected chi connectivity index (χ3v) is 3.42. The molecular weight excluding hydrogens is 334 g/mol. The number of aromatic nitrogens is 4. The topological polar surface area (TPSA) is 71.2 Å². The molecule has 2 aromatic carbocycles. The van der Waals surface area contributed by atoms with Crippen LogP contribution in [0.15, 0.2) is 53.3 Å². The number of para-hydroxylation sites is 1. The smallest absolute Gasteiger partial charge is 0.387 e. The van der Waals surface area contributed by atoms with Gasteiger partial charge in [0.1, 0.15) is 0 Å². The molecule has 0 unspecified atom stereocenters. The van der Waals surface area contributed by atoms with Crippen LogP contribution in [0.25, 0.3) is 5.69 Å². The van der Waals surface area contributed by atoms with Gasteiger partial charge >= 0.3 is 12.3 Å². The number of alkyl halides is 2. The van der Waals surface area contributed by atoms with Crippen LogP contribution < -0.4 is 15.2 Å². The Hall–Kier alpha value is -3.23. The summed E-state index contributed by atoms with van der Waals surface area (Å²) >= 11 is 0. The summed E-state index contributed by atoms with van der Waals surface area (Å²) in [6, 6.07) is 13.3. The number of nitrogens with zero attached hydrogens (tertiary/aromatic N) is 4. The summed E-state index contributed by atoms with van der Waals surface area (Å²) in [7, 11) is 1.34. The van der Waals surface area contributed by atoms with Crippen molar-refractivity contribution in [2.75, 3.05) is 7.11 Å². The second-order valence-electron chi connectivity index (χ2n) is 5.03. The summed E-state index contributed by atoms with van der Waals surface area (Å²) in [6.45, 7) is -2.84. The number of hydrogen-bond donors (Lipinski definition) is 0. The van der Waals surface area contributed by atoms with Crippen molar-refractivity contribution in [3.63, 3.8) is 0 Å². The molecule has 0 amide bonds. The van der Waals surface area contributed by atoms with Gasteiger partial charge in [0.2, 0.25) is 0 Å². The van der Waals surface area contributed by atoms with Crippen LogP contribution in [0, 0.1) is 0 Å². The molecule has 0 spiro atoms. The van der Waals surface area contributed by atoms with Crippen LogP contribution in [0.2, 0.25) is 0 Å². The van der Waals surface area contributed by atoms with E-state index in [1.807, 2.05) is 6.07 Å². The molecule has 0 saturated carbocycles. The molecule has 0 fully saturated rings. The van der Waals surface area contributed by atoms with Gasteiger partial charge in [-0.25, -0.2) is 4.79 Å². The van der Waals surface area contributed by atoms with Gasteiger partial charge in [0.05, 0.1) is 19.3 Å². The normalized spacial score (nSPS) is 10.9. The standard InChI is InChI=1S/C16H14F2N4O3/c1-24-14-9-11(7-8-13(14)25-15(17)18)10-21-16(23)22(20-19-21)12-5-3-2-4-6-12/h2-9,15H,10H2,1H3. The van der Waals surface area contributed by atoms with Gasteiger partial charge in [-0.3, -0.25) is 0 Å². The van der Waals surface area contributed by atoms with Gasteiger partial charge < -0.3 is 9.47 Å². The molecular formula is C16H14F2N4O3. The minimum atomic E-state index is -2.95. The number of ether oxygens (including phenoxy) is 2. The van der Waals surface area contributed by atoms with E-state index in [1.165, 1.54) is 23.9 Å². The number of methoxy groups -OCH3 is 1. The zero-order valence-corrected chi connectivity index (χ0v) is 13.2. The van der Waals surface area contributed by atoms with Crippen LogP contribution in [-0.4, -0.2) is 33.5 Å². The zero-order valence-electron chi connectivity index (χ0n) is 13.2. The maximum absolute atomic E-state index is 12.4. The first-order valence-corrected chi connectivity index (χ1v) is 7.28. The van der Waals surface area contributed by atoms with Gasteiger partial charge in [0.25, 0.3) is 0 Å². The second kappa shape index (κ2) is 7.12. The van der Waals surface area contributed by atoms with Gasteiger partial charge in [-0.15, -0.1) is 0 Å². The maximum Gasteiger partial charge on any atom is 0.387 e. The van der Waals surface area contributed by atoms with Crippen LogP contribution in [0.4, 0.5) is 8.78 Å². The first-order chi connectivity index (χ1) is 12.1. The third kappa shape index (κ3) is 3.65. The molecule has 3 rings (SSSR count). The van der Waals surface area contributed by atoms with Crippen molar-refractivity contribution < 1.29 is 18.3 Å². The fraction of sp³-hybridized carbons (Fsp3) is 0.188. The van der Waals surface area contributed by atoms with Crippen LogP contribution in [0.5, 0.6) is 11.5 Å². The monoisotopic (exact) mass is 348 g/mol. The highest BCUT2D eigenvalue weighted by atomic mass is 19.3. The molecule has 130 valence electrons. The molecule has 0 aliphatic carbocycles. The highest BCUT2D eigenvalue weighted by Gasteiger charge is 2.13. The van der Waals surface area contributed by atoms with Crippen molar-refractivity contribution in [1.29, 1.82) is 0 Å². The van der Waals surface area contributed by atoms with Crippen LogP contribution >= 0.6 is 0 Å². The van der Waals surface area contributed by atoms with E-state index >= 15 is 0 Å². The molecule has 0 aliphatic heterocycles. The lowest BCUT2D eigenvalue weighted by atomic mass is 10.2. The Balaban J connectivity index is 1.86. The van der Waals surface area contributed by atoms with Gasteiger partial charge in [-0.2, -0.15) is 18.1 Å². The van der Waals surface area contributed by atoms with Crippen molar-refractivity contribution in [2.24, 2.45) is 0 Å². The Kier molecular flexibility index (Phi) is 4.73. The van der Waals surface area contributed by atoms with Crippen molar-refractivity contribution in [1.82, 2.24) is 19.8 Å². The summed E-state index contributed by atoms with van der Waals surface area (Å²) in [5, 5.41) is 7.68. The van der Waals surface area contributed by atoms with Crippen molar-refractivity contribution in [3.8, 4) is 17.2 Å². The first-order valence-electron chi connectivity index (χ1n) is 7.28. The number of rotatable bonds is 6. The number of benzene rings is 2. The fourth-order valence-electron chi connectivity index (χ4n) is 2.28. The Labute approximate surface area is 141 Å². The van der Waals surface area contributed by atoms with E-state index < -0.39 is 12.3 Å². The Morgan fingerprint density at radius 3 is 2.52 bits per heavy atom. The molecule has 7 nitrogen and oxygen atoms in total.